The maximum absolute atomic E-state index is 14.7. The summed E-state index contributed by atoms with van der Waals surface area (Å²) in [5, 5.41) is 0.477. The molecule has 0 aliphatic heterocycles. The lowest BCUT2D eigenvalue weighted by Crippen LogP contribution is -2.26. The van der Waals surface area contributed by atoms with Crippen molar-refractivity contribution >= 4 is 66.2 Å². The Hall–Kier alpha value is -7.41. The van der Waals surface area contributed by atoms with Gasteiger partial charge in [0.05, 0.1) is 32.8 Å². The largest absolute Gasteiger partial charge is 0.449 e. The Bertz CT molecular complexity index is 4130. The monoisotopic (exact) mass is 888 g/mol. The van der Waals surface area contributed by atoms with E-state index >= 15 is 0 Å². The van der Waals surface area contributed by atoms with Crippen molar-refractivity contribution in [3.8, 4) is 16.8 Å². The van der Waals surface area contributed by atoms with Gasteiger partial charge in [-0.15, -0.1) is 0 Å². The third-order valence-corrected chi connectivity index (χ3v) is 14.4. The van der Waals surface area contributed by atoms with Gasteiger partial charge in [-0.05, 0) is 137 Å². The molecule has 0 N–H and O–H groups in total. The van der Waals surface area contributed by atoms with E-state index in [-0.39, 0.29) is 54.8 Å². The molecule has 2 aliphatic rings. The van der Waals surface area contributed by atoms with Gasteiger partial charge in [-0.25, -0.2) is 4.57 Å². The van der Waals surface area contributed by atoms with Crippen molar-refractivity contribution in [1.82, 2.24) is 9.13 Å². The SMILES string of the molecule is Cc1ccc(-c2ccc(-n3c(=O)c4cc5oc6cc7c(cc6oc5cc4c3=O)C3(CC(C)(C)c4cc5oc6cc8c(=O)n(C)c(=O)c8cc6oc5cc43)CC7(C)C)cc2C(F)(F)F)c(C)c1. The van der Waals surface area contributed by atoms with E-state index < -0.39 is 39.4 Å². The lowest BCUT2D eigenvalue weighted by Gasteiger charge is -2.30. The Morgan fingerprint density at radius 1 is 0.500 bits per heavy atom. The van der Waals surface area contributed by atoms with Gasteiger partial charge in [0.1, 0.15) is 0 Å². The molecule has 0 bridgehead atoms. The molecule has 66 heavy (non-hydrogen) atoms. The molecule has 1 atom stereocenters. The summed E-state index contributed by atoms with van der Waals surface area (Å²) in [6.45, 7) is 12.4. The van der Waals surface area contributed by atoms with Crippen LogP contribution in [0.4, 0.5) is 13.2 Å². The third-order valence-electron chi connectivity index (χ3n) is 14.4. The number of fused-ring (bicyclic) bond motifs is 10. The molecule has 10 nitrogen and oxygen atoms in total. The smallest absolute Gasteiger partial charge is 0.417 e. The van der Waals surface area contributed by atoms with Crippen LogP contribution in [-0.4, -0.2) is 9.13 Å². The van der Waals surface area contributed by atoms with E-state index in [0.29, 0.717) is 44.6 Å². The molecule has 0 saturated carbocycles. The highest BCUT2D eigenvalue weighted by Gasteiger charge is 2.57. The van der Waals surface area contributed by atoms with Crippen LogP contribution in [0.3, 0.4) is 0 Å². The zero-order valence-corrected chi connectivity index (χ0v) is 36.8. The molecule has 0 fully saturated rings. The number of aromatic nitrogens is 2. The van der Waals surface area contributed by atoms with Gasteiger partial charge in [0.2, 0.25) is 0 Å². The summed E-state index contributed by atoms with van der Waals surface area (Å²) in [5.41, 5.74) is 4.25. The summed E-state index contributed by atoms with van der Waals surface area (Å²) in [5.74, 6) is 0. The highest BCUT2D eigenvalue weighted by atomic mass is 19.4. The first-order valence-corrected chi connectivity index (χ1v) is 21.6. The van der Waals surface area contributed by atoms with Gasteiger partial charge in [0.15, 0.2) is 44.7 Å². The summed E-state index contributed by atoms with van der Waals surface area (Å²) >= 11 is 0. The van der Waals surface area contributed by atoms with E-state index in [1.54, 1.807) is 37.3 Å². The Morgan fingerprint density at radius 2 is 0.894 bits per heavy atom. The zero-order chi connectivity index (χ0) is 46.3. The number of benzene rings is 6. The van der Waals surface area contributed by atoms with Crippen LogP contribution in [0.5, 0.6) is 0 Å². The van der Waals surface area contributed by atoms with Crippen molar-refractivity contribution in [3.63, 3.8) is 0 Å². The highest BCUT2D eigenvalue weighted by molar-refractivity contribution is 5.96. The lowest BCUT2D eigenvalue weighted by molar-refractivity contribution is -0.137. The predicted octanol–water partition coefficient (Wildman–Crippen LogP) is 11.5. The number of halogens is 3. The number of hydrogen-bond acceptors (Lipinski definition) is 8. The van der Waals surface area contributed by atoms with Crippen molar-refractivity contribution in [1.29, 1.82) is 0 Å². The van der Waals surface area contributed by atoms with Crippen LogP contribution in [-0.2, 0) is 29.5 Å². The van der Waals surface area contributed by atoms with E-state index in [1.165, 1.54) is 31.3 Å². The van der Waals surface area contributed by atoms with Crippen molar-refractivity contribution in [2.24, 2.45) is 7.05 Å². The Morgan fingerprint density at radius 3 is 1.32 bits per heavy atom. The Labute approximate surface area is 371 Å². The van der Waals surface area contributed by atoms with Crippen LogP contribution in [0, 0.1) is 13.8 Å². The molecule has 6 aromatic carbocycles. The van der Waals surface area contributed by atoms with Gasteiger partial charge in [-0.2, -0.15) is 13.2 Å². The average molecular weight is 889 g/mol. The summed E-state index contributed by atoms with van der Waals surface area (Å²) in [7, 11) is 1.44. The Balaban J connectivity index is 1.01. The predicted molar refractivity (Wildman–Crippen MR) is 246 cm³/mol. The molecule has 4 heterocycles. The molecule has 2 aliphatic carbocycles. The number of nitrogens with zero attached hydrogens (tertiary/aromatic N) is 2. The van der Waals surface area contributed by atoms with E-state index in [0.717, 1.165) is 55.9 Å². The second kappa shape index (κ2) is 12.7. The first-order chi connectivity index (χ1) is 31.1. The van der Waals surface area contributed by atoms with Crippen LogP contribution < -0.4 is 22.2 Å². The normalized spacial score (nSPS) is 17.7. The molecule has 330 valence electrons. The summed E-state index contributed by atoms with van der Waals surface area (Å²) in [6.07, 6.45) is -3.30. The van der Waals surface area contributed by atoms with Gasteiger partial charge >= 0.3 is 6.18 Å². The van der Waals surface area contributed by atoms with Crippen LogP contribution >= 0.6 is 0 Å². The molecule has 0 saturated heterocycles. The quantitative estimate of drug-likeness (QED) is 0.157. The number of hydrogen-bond donors (Lipinski definition) is 0. The lowest BCUT2D eigenvalue weighted by atomic mass is 9.72. The number of aryl methyl sites for hydroxylation is 2. The second-order valence-electron chi connectivity index (χ2n) is 19.7. The second-order valence-corrected chi connectivity index (χ2v) is 19.7. The first kappa shape index (κ1) is 40.1. The van der Waals surface area contributed by atoms with Crippen molar-refractivity contribution in [3.05, 3.63) is 165 Å². The first-order valence-electron chi connectivity index (χ1n) is 21.6. The van der Waals surface area contributed by atoms with Crippen molar-refractivity contribution in [2.75, 3.05) is 0 Å². The molecule has 0 amide bonds. The average Bonchev–Trinajstić information content (AvgIpc) is 3.80. The van der Waals surface area contributed by atoms with Gasteiger partial charge < -0.3 is 17.7 Å². The van der Waals surface area contributed by atoms with Gasteiger partial charge in [-0.3, -0.25) is 23.7 Å². The Kier molecular flexibility index (Phi) is 7.71. The molecule has 13 heteroatoms. The number of rotatable bonds is 2. The van der Waals surface area contributed by atoms with E-state index in [1.807, 2.05) is 31.2 Å². The molecule has 4 aromatic heterocycles. The molecule has 12 rings (SSSR count). The van der Waals surface area contributed by atoms with Crippen LogP contribution in [0.1, 0.15) is 79.5 Å². The minimum absolute atomic E-state index is 0.0167. The van der Waals surface area contributed by atoms with Gasteiger partial charge in [0.25, 0.3) is 22.2 Å². The van der Waals surface area contributed by atoms with E-state index in [2.05, 4.69) is 27.7 Å². The standard InChI is InChI=1S/C53H39F3N2O8/c1-24-8-10-27(25(2)12-24)28-11-9-26(13-33(28)53(54,55)56)58-48(61)31-16-40-41(17-32(31)49(58)62)66-45-21-37-35(19-43(45)64-40)51(5,6)23-52(37)22-50(3,4)34-18-42-44(20-36(34)52)65-39-15-30-29(14-38(39)63-42)46(59)57(7)47(30)60/h8-21H,22-23H2,1-7H3. The molecule has 1 spiro atoms. The maximum Gasteiger partial charge on any atom is 0.417 e. The third kappa shape index (κ3) is 5.36. The fraction of sp³-hybridized carbons (Fsp3) is 0.245. The number of alkyl halides is 3. The molecule has 1 unspecified atom stereocenters. The fourth-order valence-corrected chi connectivity index (χ4v) is 11.5. The van der Waals surface area contributed by atoms with E-state index in [9.17, 15) is 32.3 Å². The fourth-order valence-electron chi connectivity index (χ4n) is 11.5. The molecular formula is C53H39F3N2O8. The highest BCUT2D eigenvalue weighted by Crippen LogP contribution is 2.63. The minimum atomic E-state index is -4.78. The summed E-state index contributed by atoms with van der Waals surface area (Å²) in [6, 6.07) is 22.7. The minimum Gasteiger partial charge on any atom is -0.449 e. The molecule has 10 aromatic rings. The zero-order valence-electron chi connectivity index (χ0n) is 36.8. The van der Waals surface area contributed by atoms with Gasteiger partial charge in [0, 0.05) is 12.5 Å². The van der Waals surface area contributed by atoms with Crippen LogP contribution in [0.15, 0.2) is 122 Å². The summed E-state index contributed by atoms with van der Waals surface area (Å²) in [4.78, 5) is 53.7. The van der Waals surface area contributed by atoms with Crippen LogP contribution in [0.2, 0.25) is 0 Å². The molecular weight excluding hydrogens is 850 g/mol. The molecule has 0 radical (unpaired) electrons. The van der Waals surface area contributed by atoms with E-state index in [4.69, 9.17) is 17.7 Å². The van der Waals surface area contributed by atoms with Crippen LogP contribution in [0.25, 0.3) is 83.0 Å². The summed E-state index contributed by atoms with van der Waals surface area (Å²) < 4.78 is 71.8. The topological polar surface area (TPSA) is 131 Å². The maximum atomic E-state index is 14.7. The van der Waals surface area contributed by atoms with Crippen molar-refractivity contribution in [2.45, 2.75) is 76.8 Å². The van der Waals surface area contributed by atoms with Gasteiger partial charge in [-0.1, -0.05) is 57.5 Å². The van der Waals surface area contributed by atoms with Crippen molar-refractivity contribution < 1.29 is 30.8 Å².